The number of nitro groups is 1. The van der Waals surface area contributed by atoms with Crippen LogP contribution in [-0.2, 0) is 4.74 Å². The summed E-state index contributed by atoms with van der Waals surface area (Å²) in [5.74, 6) is -0.605. The summed E-state index contributed by atoms with van der Waals surface area (Å²) in [7, 11) is 0. The van der Waals surface area contributed by atoms with Gasteiger partial charge in [-0.2, -0.15) is 11.3 Å². The highest BCUT2D eigenvalue weighted by atomic mass is 32.1. The van der Waals surface area contributed by atoms with E-state index in [1.807, 2.05) is 28.7 Å². The van der Waals surface area contributed by atoms with Gasteiger partial charge in [0.1, 0.15) is 17.6 Å². The molecule has 0 aliphatic carbocycles. The van der Waals surface area contributed by atoms with Crippen LogP contribution in [0.2, 0.25) is 0 Å². The molecule has 1 fully saturated rings. The molecule has 0 saturated carbocycles. The van der Waals surface area contributed by atoms with Crippen LogP contribution in [0.25, 0.3) is 0 Å². The van der Waals surface area contributed by atoms with E-state index in [1.54, 1.807) is 11.3 Å². The number of hydrogen-bond donors (Lipinski definition) is 0. The molecule has 3 rings (SSSR count). The summed E-state index contributed by atoms with van der Waals surface area (Å²) < 4.78 is 19.2. The normalized spacial score (nSPS) is 21.8. The van der Waals surface area contributed by atoms with Gasteiger partial charge in [0.2, 0.25) is 0 Å². The van der Waals surface area contributed by atoms with Crippen LogP contribution < -0.4 is 4.90 Å². The van der Waals surface area contributed by atoms with Gasteiger partial charge < -0.3 is 9.64 Å². The highest BCUT2D eigenvalue weighted by molar-refractivity contribution is 7.07. The maximum atomic E-state index is 13.3. The average molecular weight is 322 g/mol. The van der Waals surface area contributed by atoms with Gasteiger partial charge in [-0.15, -0.1) is 0 Å². The standard InChI is InChI=1S/C15H15FN2O3S/c1-10-7-17(8-15(21-10)11-4-5-22-9-11)13-3-2-12(16)6-14(13)18(19)20/h2-6,9-10,15H,7-8H2,1H3. The Morgan fingerprint density at radius 1 is 1.41 bits per heavy atom. The summed E-state index contributed by atoms with van der Waals surface area (Å²) in [5, 5.41) is 15.2. The van der Waals surface area contributed by atoms with Crippen LogP contribution in [0.15, 0.2) is 35.0 Å². The van der Waals surface area contributed by atoms with Crippen molar-refractivity contribution in [2.45, 2.75) is 19.1 Å². The number of rotatable bonds is 3. The molecule has 0 bridgehead atoms. The van der Waals surface area contributed by atoms with Crippen LogP contribution >= 0.6 is 11.3 Å². The second-order valence-electron chi connectivity index (χ2n) is 5.29. The van der Waals surface area contributed by atoms with Crippen LogP contribution in [-0.4, -0.2) is 24.1 Å². The van der Waals surface area contributed by atoms with Crippen LogP contribution in [0.4, 0.5) is 15.8 Å². The maximum Gasteiger partial charge on any atom is 0.295 e. The van der Waals surface area contributed by atoms with Crippen molar-refractivity contribution in [2.75, 3.05) is 18.0 Å². The number of morpholine rings is 1. The van der Waals surface area contributed by atoms with Crippen molar-refractivity contribution in [3.05, 3.63) is 56.5 Å². The number of nitrogens with zero attached hydrogens (tertiary/aromatic N) is 2. The third kappa shape index (κ3) is 2.95. The SMILES string of the molecule is CC1CN(c2ccc(F)cc2[N+](=O)[O-])CC(c2ccsc2)O1. The Hall–Kier alpha value is -1.99. The molecule has 0 N–H and O–H groups in total. The Balaban J connectivity index is 1.92. The van der Waals surface area contributed by atoms with Gasteiger partial charge >= 0.3 is 0 Å². The molecule has 2 unspecified atom stereocenters. The van der Waals surface area contributed by atoms with Crippen LogP contribution in [0.3, 0.4) is 0 Å². The van der Waals surface area contributed by atoms with Crippen molar-refractivity contribution < 1.29 is 14.1 Å². The van der Waals surface area contributed by atoms with Crippen LogP contribution in [0.5, 0.6) is 0 Å². The molecule has 1 aromatic carbocycles. The quantitative estimate of drug-likeness (QED) is 0.638. The fourth-order valence-electron chi connectivity index (χ4n) is 2.70. The lowest BCUT2D eigenvalue weighted by molar-refractivity contribution is -0.384. The smallest absolute Gasteiger partial charge is 0.295 e. The Labute approximate surface area is 131 Å². The Morgan fingerprint density at radius 3 is 2.91 bits per heavy atom. The molecule has 1 aliphatic rings. The van der Waals surface area contributed by atoms with E-state index in [2.05, 4.69) is 0 Å². The molecule has 1 saturated heterocycles. The number of anilines is 1. The predicted molar refractivity (Wildman–Crippen MR) is 82.9 cm³/mol. The summed E-state index contributed by atoms with van der Waals surface area (Å²) in [4.78, 5) is 12.5. The molecule has 0 amide bonds. The number of nitro benzene ring substituents is 1. The van der Waals surface area contributed by atoms with E-state index >= 15 is 0 Å². The van der Waals surface area contributed by atoms with Crippen molar-refractivity contribution in [1.82, 2.24) is 0 Å². The second-order valence-corrected chi connectivity index (χ2v) is 6.07. The molecule has 5 nitrogen and oxygen atoms in total. The molecule has 1 aromatic heterocycles. The fourth-order valence-corrected chi connectivity index (χ4v) is 3.40. The Morgan fingerprint density at radius 2 is 2.23 bits per heavy atom. The van der Waals surface area contributed by atoms with E-state index in [9.17, 15) is 14.5 Å². The minimum Gasteiger partial charge on any atom is -0.367 e. The first kappa shape index (κ1) is 14.9. The molecular formula is C15H15FN2O3S. The van der Waals surface area contributed by atoms with Gasteiger partial charge in [-0.1, -0.05) is 0 Å². The van der Waals surface area contributed by atoms with Gasteiger partial charge in [-0.3, -0.25) is 10.1 Å². The molecular weight excluding hydrogens is 307 g/mol. The Kier molecular flexibility index (Phi) is 4.08. The van der Waals surface area contributed by atoms with Crippen molar-refractivity contribution in [2.24, 2.45) is 0 Å². The van der Waals surface area contributed by atoms with Gasteiger partial charge in [0.25, 0.3) is 5.69 Å². The molecule has 0 radical (unpaired) electrons. The first-order valence-corrected chi connectivity index (χ1v) is 7.85. The minimum atomic E-state index is -0.605. The Bertz CT molecular complexity index is 677. The second kappa shape index (κ2) is 6.02. The van der Waals surface area contributed by atoms with E-state index < -0.39 is 10.7 Å². The van der Waals surface area contributed by atoms with E-state index in [1.165, 1.54) is 12.1 Å². The molecule has 22 heavy (non-hydrogen) atoms. The molecule has 116 valence electrons. The van der Waals surface area contributed by atoms with Crippen molar-refractivity contribution >= 4 is 22.7 Å². The third-order valence-electron chi connectivity index (χ3n) is 3.65. The zero-order valence-electron chi connectivity index (χ0n) is 11.9. The number of ether oxygens (including phenoxy) is 1. The first-order chi connectivity index (χ1) is 10.5. The van der Waals surface area contributed by atoms with Gasteiger partial charge in [-0.05, 0) is 41.4 Å². The van der Waals surface area contributed by atoms with Gasteiger partial charge in [0, 0.05) is 13.1 Å². The summed E-state index contributed by atoms with van der Waals surface area (Å²) in [6.07, 6.45) is -0.206. The van der Waals surface area contributed by atoms with Crippen molar-refractivity contribution in [3.63, 3.8) is 0 Å². The molecule has 2 aromatic rings. The monoisotopic (exact) mass is 322 g/mol. The maximum absolute atomic E-state index is 13.3. The van der Waals surface area contributed by atoms with Crippen LogP contribution in [0, 0.1) is 15.9 Å². The topological polar surface area (TPSA) is 55.6 Å². The van der Waals surface area contributed by atoms with Gasteiger partial charge in [0.15, 0.2) is 0 Å². The summed E-state index contributed by atoms with van der Waals surface area (Å²) in [6, 6.07) is 5.68. The van der Waals surface area contributed by atoms with Crippen LogP contribution in [0.1, 0.15) is 18.6 Å². The molecule has 2 atom stereocenters. The van der Waals surface area contributed by atoms with E-state index in [0.717, 1.165) is 11.6 Å². The molecule has 1 aliphatic heterocycles. The van der Waals surface area contributed by atoms with E-state index in [-0.39, 0.29) is 17.9 Å². The first-order valence-electron chi connectivity index (χ1n) is 6.91. The number of thiophene rings is 1. The third-order valence-corrected chi connectivity index (χ3v) is 4.35. The number of halogens is 1. The number of hydrogen-bond acceptors (Lipinski definition) is 5. The lowest BCUT2D eigenvalue weighted by atomic mass is 10.1. The number of benzene rings is 1. The zero-order chi connectivity index (χ0) is 15.7. The summed E-state index contributed by atoms with van der Waals surface area (Å²) in [5.41, 5.74) is 1.28. The van der Waals surface area contributed by atoms with Gasteiger partial charge in [-0.25, -0.2) is 4.39 Å². The lowest BCUT2D eigenvalue weighted by Gasteiger charge is -2.37. The summed E-state index contributed by atoms with van der Waals surface area (Å²) >= 11 is 1.59. The highest BCUT2D eigenvalue weighted by Gasteiger charge is 2.30. The lowest BCUT2D eigenvalue weighted by Crippen LogP contribution is -2.43. The van der Waals surface area contributed by atoms with Crippen molar-refractivity contribution in [1.29, 1.82) is 0 Å². The highest BCUT2D eigenvalue weighted by Crippen LogP contribution is 2.34. The largest absolute Gasteiger partial charge is 0.367 e. The molecule has 2 heterocycles. The zero-order valence-corrected chi connectivity index (χ0v) is 12.8. The molecule has 7 heteroatoms. The molecule has 0 spiro atoms. The average Bonchev–Trinajstić information content (AvgIpc) is 3.00. The van der Waals surface area contributed by atoms with Gasteiger partial charge in [0.05, 0.1) is 17.1 Å². The van der Waals surface area contributed by atoms with E-state index in [4.69, 9.17) is 4.74 Å². The fraction of sp³-hybridized carbons (Fsp3) is 0.333. The minimum absolute atomic E-state index is 0.0664. The predicted octanol–water partition coefficient (Wildman–Crippen LogP) is 3.76. The van der Waals surface area contributed by atoms with Crippen molar-refractivity contribution in [3.8, 4) is 0 Å². The van der Waals surface area contributed by atoms with E-state index in [0.29, 0.717) is 18.8 Å². The summed E-state index contributed by atoms with van der Waals surface area (Å²) in [6.45, 7) is 2.97.